The number of likely N-dealkylation sites (tertiary alicyclic amines) is 1. The molecule has 30 heavy (non-hydrogen) atoms. The van der Waals surface area contributed by atoms with Gasteiger partial charge in [-0.15, -0.1) is 0 Å². The minimum Gasteiger partial charge on any atom is -0.351 e. The first kappa shape index (κ1) is 20.6. The Labute approximate surface area is 175 Å². The SMILES string of the molecule is O=c1[nH]c2nc(NC3CCN(CC(F)(F)F)CC3)ncc2cc1-c1ccccc1Cl. The summed E-state index contributed by atoms with van der Waals surface area (Å²) in [4.78, 5) is 25.4. The van der Waals surface area contributed by atoms with Crippen molar-refractivity contribution in [2.45, 2.75) is 25.1 Å². The Balaban J connectivity index is 1.49. The third kappa shape index (κ3) is 4.73. The van der Waals surface area contributed by atoms with Gasteiger partial charge in [0.2, 0.25) is 5.95 Å². The molecule has 1 saturated heterocycles. The Morgan fingerprint density at radius 1 is 1.20 bits per heavy atom. The van der Waals surface area contributed by atoms with Crippen LogP contribution in [0.25, 0.3) is 22.2 Å². The van der Waals surface area contributed by atoms with Gasteiger partial charge in [-0.1, -0.05) is 29.8 Å². The second-order valence-electron chi connectivity index (χ2n) is 7.30. The minimum atomic E-state index is -4.18. The Bertz CT molecular complexity index is 1110. The molecule has 2 N–H and O–H groups in total. The van der Waals surface area contributed by atoms with Crippen molar-refractivity contribution in [3.8, 4) is 11.1 Å². The molecular weight excluding hydrogens is 419 g/mol. The molecule has 1 aliphatic rings. The summed E-state index contributed by atoms with van der Waals surface area (Å²) in [5.41, 5.74) is 1.10. The first-order valence-electron chi connectivity index (χ1n) is 9.49. The molecule has 0 amide bonds. The van der Waals surface area contributed by atoms with Gasteiger partial charge in [0.25, 0.3) is 5.56 Å². The van der Waals surface area contributed by atoms with E-state index >= 15 is 0 Å². The van der Waals surface area contributed by atoms with Gasteiger partial charge in [-0.05, 0) is 25.0 Å². The van der Waals surface area contributed by atoms with Gasteiger partial charge >= 0.3 is 6.18 Å². The standard InChI is InChI=1S/C20H19ClF3N5O/c21-16-4-2-1-3-14(16)15-9-12-10-25-19(28-17(12)27-18(15)30)26-13-5-7-29(8-6-13)11-20(22,23)24/h1-4,9-10,13H,5-8,11H2,(H2,25,26,27,28,30). The number of alkyl halides is 3. The van der Waals surface area contributed by atoms with Crippen molar-refractivity contribution in [2.75, 3.05) is 25.0 Å². The maximum Gasteiger partial charge on any atom is 0.401 e. The number of benzene rings is 1. The van der Waals surface area contributed by atoms with Gasteiger partial charge in [0.1, 0.15) is 5.65 Å². The van der Waals surface area contributed by atoms with Gasteiger partial charge in [-0.3, -0.25) is 9.69 Å². The summed E-state index contributed by atoms with van der Waals surface area (Å²) in [5.74, 6) is 0.331. The van der Waals surface area contributed by atoms with Crippen LogP contribution in [-0.4, -0.2) is 51.7 Å². The van der Waals surface area contributed by atoms with E-state index in [0.717, 1.165) is 0 Å². The summed E-state index contributed by atoms with van der Waals surface area (Å²) in [7, 11) is 0. The summed E-state index contributed by atoms with van der Waals surface area (Å²) in [5, 5.41) is 4.28. The summed E-state index contributed by atoms with van der Waals surface area (Å²) in [6.07, 6.45) is -1.48. The van der Waals surface area contributed by atoms with Crippen LogP contribution in [0.15, 0.2) is 41.3 Å². The lowest BCUT2D eigenvalue weighted by Gasteiger charge is -2.32. The average molecular weight is 438 g/mol. The third-order valence-electron chi connectivity index (χ3n) is 5.08. The van der Waals surface area contributed by atoms with E-state index in [1.54, 1.807) is 36.5 Å². The fourth-order valence-electron chi connectivity index (χ4n) is 3.61. The van der Waals surface area contributed by atoms with Crippen molar-refractivity contribution in [2.24, 2.45) is 0 Å². The quantitative estimate of drug-likeness (QED) is 0.643. The fraction of sp³-hybridized carbons (Fsp3) is 0.350. The first-order chi connectivity index (χ1) is 14.3. The third-order valence-corrected chi connectivity index (χ3v) is 5.41. The second kappa shape index (κ2) is 8.23. The van der Waals surface area contributed by atoms with E-state index in [9.17, 15) is 18.0 Å². The maximum absolute atomic E-state index is 12.5. The fourth-order valence-corrected chi connectivity index (χ4v) is 3.85. The molecule has 0 spiro atoms. The topological polar surface area (TPSA) is 73.9 Å². The van der Waals surface area contributed by atoms with Gasteiger partial charge in [-0.2, -0.15) is 18.2 Å². The van der Waals surface area contributed by atoms with Crippen LogP contribution >= 0.6 is 11.6 Å². The zero-order chi connectivity index (χ0) is 21.3. The molecule has 3 aromatic rings. The molecule has 0 radical (unpaired) electrons. The highest BCUT2D eigenvalue weighted by Gasteiger charge is 2.32. The molecule has 6 nitrogen and oxygen atoms in total. The predicted octanol–water partition coefficient (Wildman–Crippen LogP) is 4.08. The number of anilines is 1. The van der Waals surface area contributed by atoms with Crippen LogP contribution in [0, 0.1) is 0 Å². The lowest BCUT2D eigenvalue weighted by molar-refractivity contribution is -0.147. The highest BCUT2D eigenvalue weighted by molar-refractivity contribution is 6.33. The molecule has 0 aliphatic carbocycles. The molecule has 0 bridgehead atoms. The molecule has 0 unspecified atom stereocenters. The molecular formula is C20H19ClF3N5O. The monoisotopic (exact) mass is 437 g/mol. The van der Waals surface area contributed by atoms with Crippen LogP contribution < -0.4 is 10.9 Å². The van der Waals surface area contributed by atoms with Crippen LogP contribution in [-0.2, 0) is 0 Å². The van der Waals surface area contributed by atoms with Crippen molar-refractivity contribution in [3.63, 3.8) is 0 Å². The number of hydrogen-bond donors (Lipinski definition) is 2. The van der Waals surface area contributed by atoms with Crippen LogP contribution in [0.4, 0.5) is 19.1 Å². The number of pyridine rings is 1. The summed E-state index contributed by atoms with van der Waals surface area (Å²) >= 11 is 6.20. The number of hydrogen-bond acceptors (Lipinski definition) is 5. The Morgan fingerprint density at radius 3 is 2.63 bits per heavy atom. The smallest absolute Gasteiger partial charge is 0.351 e. The van der Waals surface area contributed by atoms with Gasteiger partial charge < -0.3 is 10.3 Å². The Kier molecular flexibility index (Phi) is 5.66. The molecule has 10 heteroatoms. The first-order valence-corrected chi connectivity index (χ1v) is 9.87. The average Bonchev–Trinajstić information content (AvgIpc) is 2.68. The highest BCUT2D eigenvalue weighted by atomic mass is 35.5. The van der Waals surface area contributed by atoms with Gasteiger partial charge in [0.05, 0.1) is 6.54 Å². The van der Waals surface area contributed by atoms with Crippen LogP contribution in [0.2, 0.25) is 5.02 Å². The van der Waals surface area contributed by atoms with Crippen LogP contribution in [0.3, 0.4) is 0 Å². The van der Waals surface area contributed by atoms with Crippen molar-refractivity contribution in [1.82, 2.24) is 19.9 Å². The van der Waals surface area contributed by atoms with Gasteiger partial charge in [-0.25, -0.2) is 4.98 Å². The number of halogens is 4. The molecule has 1 aromatic carbocycles. The zero-order valence-corrected chi connectivity index (χ0v) is 16.6. The number of nitrogens with zero attached hydrogens (tertiary/aromatic N) is 3. The maximum atomic E-state index is 12.5. The summed E-state index contributed by atoms with van der Waals surface area (Å²) < 4.78 is 37.5. The van der Waals surface area contributed by atoms with E-state index in [1.807, 2.05) is 0 Å². The van der Waals surface area contributed by atoms with E-state index in [0.29, 0.717) is 59.1 Å². The molecule has 1 fully saturated rings. The second-order valence-corrected chi connectivity index (χ2v) is 7.71. The van der Waals surface area contributed by atoms with E-state index in [4.69, 9.17) is 11.6 Å². The van der Waals surface area contributed by atoms with E-state index < -0.39 is 12.7 Å². The number of rotatable bonds is 4. The van der Waals surface area contributed by atoms with Crippen molar-refractivity contribution in [1.29, 1.82) is 0 Å². The van der Waals surface area contributed by atoms with E-state index in [2.05, 4.69) is 20.3 Å². The van der Waals surface area contributed by atoms with E-state index in [1.165, 1.54) is 4.90 Å². The van der Waals surface area contributed by atoms with Crippen molar-refractivity contribution >= 4 is 28.6 Å². The molecule has 3 heterocycles. The van der Waals surface area contributed by atoms with E-state index in [-0.39, 0.29) is 11.6 Å². The number of aromatic nitrogens is 3. The summed E-state index contributed by atoms with van der Waals surface area (Å²) in [6, 6.07) is 8.73. The minimum absolute atomic E-state index is 0.0268. The number of H-pyrrole nitrogens is 1. The normalized spacial score (nSPS) is 16.1. The summed E-state index contributed by atoms with van der Waals surface area (Å²) in [6.45, 7) is -0.188. The zero-order valence-electron chi connectivity index (χ0n) is 15.8. The number of aromatic amines is 1. The van der Waals surface area contributed by atoms with Gasteiger partial charge in [0, 0.05) is 46.9 Å². The Hall–Kier alpha value is -2.65. The predicted molar refractivity (Wildman–Crippen MR) is 110 cm³/mol. The molecule has 0 saturated carbocycles. The highest BCUT2D eigenvalue weighted by Crippen LogP contribution is 2.26. The lowest BCUT2D eigenvalue weighted by Crippen LogP contribution is -2.43. The molecule has 4 rings (SSSR count). The number of piperidine rings is 1. The molecule has 0 atom stereocenters. The number of fused-ring (bicyclic) bond motifs is 1. The van der Waals surface area contributed by atoms with Crippen LogP contribution in [0.1, 0.15) is 12.8 Å². The van der Waals surface area contributed by atoms with Crippen LogP contribution in [0.5, 0.6) is 0 Å². The molecule has 1 aliphatic heterocycles. The lowest BCUT2D eigenvalue weighted by atomic mass is 10.1. The van der Waals surface area contributed by atoms with Crippen molar-refractivity contribution in [3.05, 3.63) is 51.9 Å². The Morgan fingerprint density at radius 2 is 1.93 bits per heavy atom. The van der Waals surface area contributed by atoms with Crippen molar-refractivity contribution < 1.29 is 13.2 Å². The largest absolute Gasteiger partial charge is 0.401 e. The molecule has 158 valence electrons. The molecule has 2 aromatic heterocycles. The number of nitrogens with one attached hydrogen (secondary N) is 2. The van der Waals surface area contributed by atoms with Gasteiger partial charge in [0.15, 0.2) is 0 Å².